The maximum atomic E-state index is 12.1. The molecule has 1 atom stereocenters. The molecule has 126 valence electrons. The van der Waals surface area contributed by atoms with E-state index in [2.05, 4.69) is 10.6 Å². The number of rotatable bonds is 6. The average Bonchev–Trinajstić information content (AvgIpc) is 3.07. The molecular formula is C19H21ClN2O2. The van der Waals surface area contributed by atoms with Gasteiger partial charge in [0, 0.05) is 23.2 Å². The standard InChI is InChI=1S/C19H21ClN2O2/c20-18-7-2-1-5-15(18)13-24-17-6-3-4-14(10-17)11-19(23)22-16-8-9-21-12-16/h1-7,10,16,21H,8-9,11-13H2,(H,22,23). The summed E-state index contributed by atoms with van der Waals surface area (Å²) in [5.41, 5.74) is 1.88. The number of nitrogens with one attached hydrogen (secondary N) is 2. The molecule has 0 aromatic heterocycles. The number of amides is 1. The zero-order chi connectivity index (χ0) is 16.8. The molecule has 2 aromatic carbocycles. The van der Waals surface area contributed by atoms with Crippen molar-refractivity contribution in [3.8, 4) is 5.75 Å². The van der Waals surface area contributed by atoms with E-state index in [-0.39, 0.29) is 11.9 Å². The normalized spacial score (nSPS) is 16.8. The van der Waals surface area contributed by atoms with Gasteiger partial charge in [0.15, 0.2) is 0 Å². The lowest BCUT2D eigenvalue weighted by Crippen LogP contribution is -2.37. The van der Waals surface area contributed by atoms with Gasteiger partial charge in [0.05, 0.1) is 6.42 Å². The molecule has 0 radical (unpaired) electrons. The van der Waals surface area contributed by atoms with Gasteiger partial charge in [0.25, 0.3) is 0 Å². The fourth-order valence-electron chi connectivity index (χ4n) is 2.76. The van der Waals surface area contributed by atoms with Gasteiger partial charge in [-0.15, -0.1) is 0 Å². The highest BCUT2D eigenvalue weighted by molar-refractivity contribution is 6.31. The molecule has 1 fully saturated rings. The second-order valence-corrected chi connectivity index (χ2v) is 6.37. The van der Waals surface area contributed by atoms with E-state index < -0.39 is 0 Å². The number of carbonyl (C=O) groups excluding carboxylic acids is 1. The van der Waals surface area contributed by atoms with Gasteiger partial charge in [-0.25, -0.2) is 0 Å². The molecular weight excluding hydrogens is 324 g/mol. The SMILES string of the molecule is O=C(Cc1cccc(OCc2ccccc2Cl)c1)NC1CCNC1. The van der Waals surface area contributed by atoms with Crippen LogP contribution in [-0.2, 0) is 17.8 Å². The monoisotopic (exact) mass is 344 g/mol. The first kappa shape index (κ1) is 16.8. The summed E-state index contributed by atoms with van der Waals surface area (Å²) in [6, 6.07) is 15.5. The van der Waals surface area contributed by atoms with Crippen LogP contribution >= 0.6 is 11.6 Å². The second-order valence-electron chi connectivity index (χ2n) is 5.96. The second kappa shape index (κ2) is 8.18. The highest BCUT2D eigenvalue weighted by Gasteiger charge is 2.16. The van der Waals surface area contributed by atoms with Crippen molar-refractivity contribution < 1.29 is 9.53 Å². The van der Waals surface area contributed by atoms with Gasteiger partial charge >= 0.3 is 0 Å². The Morgan fingerprint density at radius 3 is 2.92 bits per heavy atom. The minimum absolute atomic E-state index is 0.0481. The summed E-state index contributed by atoms with van der Waals surface area (Å²) in [4.78, 5) is 12.1. The van der Waals surface area contributed by atoms with Crippen LogP contribution in [0.25, 0.3) is 0 Å². The maximum absolute atomic E-state index is 12.1. The number of benzene rings is 2. The number of hydrogen-bond donors (Lipinski definition) is 2. The molecule has 1 amide bonds. The van der Waals surface area contributed by atoms with Crippen molar-refractivity contribution in [2.75, 3.05) is 13.1 Å². The van der Waals surface area contributed by atoms with E-state index in [9.17, 15) is 4.79 Å². The first-order valence-corrected chi connectivity index (χ1v) is 8.54. The molecule has 0 spiro atoms. The quantitative estimate of drug-likeness (QED) is 0.847. The fourth-order valence-corrected chi connectivity index (χ4v) is 2.95. The lowest BCUT2D eigenvalue weighted by atomic mass is 10.1. The van der Waals surface area contributed by atoms with E-state index >= 15 is 0 Å². The van der Waals surface area contributed by atoms with Gasteiger partial charge in [-0.05, 0) is 36.7 Å². The van der Waals surface area contributed by atoms with Gasteiger partial charge < -0.3 is 15.4 Å². The molecule has 0 aliphatic carbocycles. The van der Waals surface area contributed by atoms with Crippen molar-refractivity contribution in [3.05, 3.63) is 64.7 Å². The Hall–Kier alpha value is -2.04. The Balaban J connectivity index is 1.55. The van der Waals surface area contributed by atoms with Gasteiger partial charge in [-0.1, -0.05) is 41.9 Å². The summed E-state index contributed by atoms with van der Waals surface area (Å²) in [5.74, 6) is 0.787. The van der Waals surface area contributed by atoms with Crippen molar-refractivity contribution >= 4 is 17.5 Å². The highest BCUT2D eigenvalue weighted by atomic mass is 35.5. The van der Waals surface area contributed by atoms with E-state index in [0.717, 1.165) is 36.4 Å². The minimum Gasteiger partial charge on any atom is -0.489 e. The van der Waals surface area contributed by atoms with Gasteiger partial charge in [0.2, 0.25) is 5.91 Å². The largest absolute Gasteiger partial charge is 0.489 e. The van der Waals surface area contributed by atoms with Crippen molar-refractivity contribution in [2.45, 2.75) is 25.5 Å². The smallest absolute Gasteiger partial charge is 0.224 e. The van der Waals surface area contributed by atoms with E-state index in [0.29, 0.717) is 18.1 Å². The Bertz CT molecular complexity index is 699. The summed E-state index contributed by atoms with van der Waals surface area (Å²) in [5, 5.41) is 6.99. The van der Waals surface area contributed by atoms with Crippen molar-refractivity contribution in [2.24, 2.45) is 0 Å². The summed E-state index contributed by atoms with van der Waals surface area (Å²) in [7, 11) is 0. The summed E-state index contributed by atoms with van der Waals surface area (Å²) < 4.78 is 5.80. The molecule has 5 heteroatoms. The van der Waals surface area contributed by atoms with Crippen molar-refractivity contribution in [3.63, 3.8) is 0 Å². The molecule has 0 saturated carbocycles. The number of carbonyl (C=O) groups is 1. The molecule has 24 heavy (non-hydrogen) atoms. The van der Waals surface area contributed by atoms with E-state index in [1.165, 1.54) is 0 Å². The van der Waals surface area contributed by atoms with Crippen LogP contribution in [0.4, 0.5) is 0 Å². The summed E-state index contributed by atoms with van der Waals surface area (Å²) >= 11 is 6.13. The van der Waals surface area contributed by atoms with E-state index in [1.807, 2.05) is 48.5 Å². The topological polar surface area (TPSA) is 50.4 Å². The Labute approximate surface area is 147 Å². The van der Waals surface area contributed by atoms with Gasteiger partial charge in [-0.3, -0.25) is 4.79 Å². The molecule has 1 saturated heterocycles. The molecule has 4 nitrogen and oxygen atoms in total. The van der Waals surface area contributed by atoms with E-state index in [1.54, 1.807) is 0 Å². The third-order valence-corrected chi connectivity index (χ3v) is 4.41. The molecule has 1 aliphatic rings. The number of hydrogen-bond acceptors (Lipinski definition) is 3. The molecule has 2 N–H and O–H groups in total. The fraction of sp³-hybridized carbons (Fsp3) is 0.316. The van der Waals surface area contributed by atoms with Crippen LogP contribution in [0.1, 0.15) is 17.5 Å². The van der Waals surface area contributed by atoms with Crippen LogP contribution in [0.15, 0.2) is 48.5 Å². The third kappa shape index (κ3) is 4.73. The van der Waals surface area contributed by atoms with Crippen LogP contribution in [0.3, 0.4) is 0 Å². The highest BCUT2D eigenvalue weighted by Crippen LogP contribution is 2.19. The van der Waals surface area contributed by atoms with E-state index in [4.69, 9.17) is 16.3 Å². The zero-order valence-electron chi connectivity index (χ0n) is 13.4. The van der Waals surface area contributed by atoms with Crippen LogP contribution in [0.2, 0.25) is 5.02 Å². The maximum Gasteiger partial charge on any atom is 0.224 e. The first-order valence-electron chi connectivity index (χ1n) is 8.16. The molecule has 1 aliphatic heterocycles. The molecule has 0 bridgehead atoms. The Morgan fingerprint density at radius 1 is 1.25 bits per heavy atom. The van der Waals surface area contributed by atoms with Crippen molar-refractivity contribution in [1.29, 1.82) is 0 Å². The minimum atomic E-state index is 0.0481. The summed E-state index contributed by atoms with van der Waals surface area (Å²) in [6.45, 7) is 2.23. The zero-order valence-corrected chi connectivity index (χ0v) is 14.2. The predicted molar refractivity (Wildman–Crippen MR) is 95.3 cm³/mol. The van der Waals surface area contributed by atoms with Crippen LogP contribution in [0, 0.1) is 0 Å². The lowest BCUT2D eigenvalue weighted by Gasteiger charge is -2.12. The number of halogens is 1. The molecule has 1 heterocycles. The van der Waals surface area contributed by atoms with Crippen molar-refractivity contribution in [1.82, 2.24) is 10.6 Å². The Morgan fingerprint density at radius 2 is 2.12 bits per heavy atom. The third-order valence-electron chi connectivity index (χ3n) is 4.04. The summed E-state index contributed by atoms with van der Waals surface area (Å²) in [6.07, 6.45) is 1.35. The lowest BCUT2D eigenvalue weighted by molar-refractivity contribution is -0.121. The molecule has 3 rings (SSSR count). The first-order chi connectivity index (χ1) is 11.7. The van der Waals surface area contributed by atoms with Crippen LogP contribution < -0.4 is 15.4 Å². The average molecular weight is 345 g/mol. The number of ether oxygens (including phenoxy) is 1. The van der Waals surface area contributed by atoms with Gasteiger partial charge in [-0.2, -0.15) is 0 Å². The van der Waals surface area contributed by atoms with Crippen LogP contribution in [-0.4, -0.2) is 25.0 Å². The van der Waals surface area contributed by atoms with Gasteiger partial charge in [0.1, 0.15) is 12.4 Å². The molecule has 1 unspecified atom stereocenters. The predicted octanol–water partition coefficient (Wildman–Crippen LogP) is 2.94. The Kier molecular flexibility index (Phi) is 5.72. The van der Waals surface area contributed by atoms with Crippen LogP contribution in [0.5, 0.6) is 5.75 Å². The molecule has 2 aromatic rings.